The molecule has 10 nitrogen and oxygen atoms in total. The van der Waals surface area contributed by atoms with Gasteiger partial charge >= 0.3 is 5.97 Å². The number of nitrogens with one attached hydrogen (secondary N) is 1. The van der Waals surface area contributed by atoms with Crippen molar-refractivity contribution in [1.82, 2.24) is 10.2 Å². The minimum absolute atomic E-state index is 0.0748. The van der Waals surface area contributed by atoms with E-state index in [0.29, 0.717) is 63.5 Å². The molecule has 42 heavy (non-hydrogen) atoms. The lowest BCUT2D eigenvalue weighted by Gasteiger charge is -2.30. The van der Waals surface area contributed by atoms with E-state index in [4.69, 9.17) is 36.9 Å². The molecule has 1 aliphatic heterocycles. The number of furan rings is 1. The monoisotopic (exact) mass is 613 g/mol. The van der Waals surface area contributed by atoms with Crippen LogP contribution in [-0.4, -0.2) is 65.0 Å². The van der Waals surface area contributed by atoms with Crippen LogP contribution in [0.1, 0.15) is 49.8 Å². The number of hydrogen-bond donors (Lipinski definition) is 3. The molecule has 4 atom stereocenters. The van der Waals surface area contributed by atoms with E-state index < -0.39 is 24.3 Å². The second-order valence-electron chi connectivity index (χ2n) is 11.0. The van der Waals surface area contributed by atoms with Gasteiger partial charge in [0.1, 0.15) is 27.3 Å². The highest BCUT2D eigenvalue weighted by Crippen LogP contribution is 2.49. The molecular formula is C30H35N3O7S2. The zero-order valence-electron chi connectivity index (χ0n) is 23.6. The van der Waals surface area contributed by atoms with Crippen molar-refractivity contribution in [3.8, 4) is 22.8 Å². The summed E-state index contributed by atoms with van der Waals surface area (Å²) in [6.45, 7) is 0.297. The lowest BCUT2D eigenvalue weighted by Crippen LogP contribution is -2.42. The van der Waals surface area contributed by atoms with Crippen molar-refractivity contribution in [3.63, 3.8) is 0 Å². The van der Waals surface area contributed by atoms with Crippen molar-refractivity contribution < 1.29 is 33.4 Å². The van der Waals surface area contributed by atoms with Crippen LogP contribution < -0.4 is 20.5 Å². The van der Waals surface area contributed by atoms with Gasteiger partial charge in [-0.25, -0.2) is 0 Å². The molecule has 2 aromatic rings. The number of rotatable bonds is 12. The quantitative estimate of drug-likeness (QED) is 0.181. The fourth-order valence-corrected chi connectivity index (χ4v) is 7.51. The molecule has 1 aromatic heterocycles. The van der Waals surface area contributed by atoms with Crippen LogP contribution in [0.3, 0.4) is 0 Å². The SMILES string of the molecule is COc1cc(OC)cc(-c2cc(CCCNC(=O)[C@@H](N)CC(=O)O)c(/C=C3\SC(=S)N(C4CC5CCC4C5)C3=O)o2)c1. The van der Waals surface area contributed by atoms with Crippen LogP contribution in [0.2, 0.25) is 0 Å². The highest BCUT2D eigenvalue weighted by molar-refractivity contribution is 8.26. The molecule has 3 aliphatic rings. The Labute approximate surface area is 254 Å². The van der Waals surface area contributed by atoms with Crippen molar-refractivity contribution in [2.24, 2.45) is 17.6 Å². The van der Waals surface area contributed by atoms with Crippen LogP contribution in [0.25, 0.3) is 17.4 Å². The van der Waals surface area contributed by atoms with Crippen LogP contribution in [0, 0.1) is 11.8 Å². The van der Waals surface area contributed by atoms with Crippen LogP contribution in [0.5, 0.6) is 11.5 Å². The summed E-state index contributed by atoms with van der Waals surface area (Å²) < 4.78 is 17.8. The van der Waals surface area contributed by atoms with Crippen molar-refractivity contribution in [2.75, 3.05) is 20.8 Å². The van der Waals surface area contributed by atoms with E-state index in [1.54, 1.807) is 26.4 Å². The number of nitrogens with zero attached hydrogens (tertiary/aromatic N) is 1. The van der Waals surface area contributed by atoms with Gasteiger partial charge in [-0.05, 0) is 67.7 Å². The Bertz CT molecular complexity index is 1400. The van der Waals surface area contributed by atoms with Crippen LogP contribution in [-0.2, 0) is 20.8 Å². The number of amides is 2. The third-order valence-corrected chi connectivity index (χ3v) is 9.58. The van der Waals surface area contributed by atoms with Gasteiger partial charge in [-0.2, -0.15) is 0 Å². The van der Waals surface area contributed by atoms with E-state index in [9.17, 15) is 14.4 Å². The minimum Gasteiger partial charge on any atom is -0.497 e. The highest BCUT2D eigenvalue weighted by Gasteiger charge is 2.48. The van der Waals surface area contributed by atoms with Crippen LogP contribution in [0.4, 0.5) is 0 Å². The van der Waals surface area contributed by atoms with Gasteiger partial charge in [-0.1, -0.05) is 30.4 Å². The summed E-state index contributed by atoms with van der Waals surface area (Å²) in [5.74, 6) is 1.81. The van der Waals surface area contributed by atoms with Crippen molar-refractivity contribution in [2.45, 2.75) is 57.0 Å². The number of nitrogens with two attached hydrogens (primary N) is 1. The number of aryl methyl sites for hydroxylation is 1. The van der Waals surface area contributed by atoms with Gasteiger partial charge < -0.3 is 30.0 Å². The summed E-state index contributed by atoms with van der Waals surface area (Å²) in [6.07, 6.45) is 6.98. The maximum atomic E-state index is 13.6. The molecule has 0 radical (unpaired) electrons. The standard InChI is InChI=1S/C30H35N3O7S2/c1-38-20-10-19(11-21(13-20)39-2)24-12-18(4-3-7-32-28(36)22(31)14-27(34)35)25(40-24)15-26-29(37)33(30(41)42-26)23-9-16-5-6-17(23)8-16/h10-13,15-17,22-23H,3-9,14,31H2,1-2H3,(H,32,36)(H,34,35)/b26-15-/t16?,17?,22-,23?/m0/s1. The number of benzene rings is 1. The molecule has 2 heterocycles. The highest BCUT2D eigenvalue weighted by atomic mass is 32.2. The molecule has 2 aliphatic carbocycles. The Hall–Kier alpha value is -3.35. The van der Waals surface area contributed by atoms with Crippen LogP contribution in [0.15, 0.2) is 33.6 Å². The maximum Gasteiger partial charge on any atom is 0.305 e. The molecule has 12 heteroatoms. The molecule has 3 unspecified atom stereocenters. The van der Waals surface area contributed by atoms with E-state index in [-0.39, 0.29) is 11.9 Å². The number of carboxylic acid groups (broad SMARTS) is 1. The summed E-state index contributed by atoms with van der Waals surface area (Å²) in [7, 11) is 3.15. The van der Waals surface area contributed by atoms with E-state index in [1.165, 1.54) is 24.6 Å². The molecule has 0 spiro atoms. The Balaban J connectivity index is 1.38. The van der Waals surface area contributed by atoms with Crippen molar-refractivity contribution in [3.05, 3.63) is 40.5 Å². The number of thioether (sulfide) groups is 1. The smallest absolute Gasteiger partial charge is 0.305 e. The molecular weight excluding hydrogens is 578 g/mol. The minimum atomic E-state index is -1.13. The Kier molecular flexibility index (Phi) is 9.24. The molecule has 3 fully saturated rings. The van der Waals surface area contributed by atoms with Crippen molar-refractivity contribution in [1.29, 1.82) is 0 Å². The number of carboxylic acids is 1. The largest absolute Gasteiger partial charge is 0.497 e. The first-order chi connectivity index (χ1) is 20.2. The molecule has 2 bridgehead atoms. The summed E-state index contributed by atoms with van der Waals surface area (Å²) in [4.78, 5) is 38.9. The molecule has 5 rings (SSSR count). The fraction of sp³-hybridized carbons (Fsp3) is 0.467. The first kappa shape index (κ1) is 30.1. The molecule has 224 valence electrons. The lowest BCUT2D eigenvalue weighted by atomic mass is 9.94. The first-order valence-electron chi connectivity index (χ1n) is 14.0. The van der Waals surface area contributed by atoms with E-state index in [2.05, 4.69) is 5.32 Å². The maximum absolute atomic E-state index is 13.6. The van der Waals surface area contributed by atoms with Gasteiger partial charge in [0.25, 0.3) is 5.91 Å². The average molecular weight is 614 g/mol. The summed E-state index contributed by atoms with van der Waals surface area (Å²) >= 11 is 6.98. The molecule has 2 saturated carbocycles. The summed E-state index contributed by atoms with van der Waals surface area (Å²) in [5.41, 5.74) is 7.25. The Morgan fingerprint density at radius 3 is 2.57 bits per heavy atom. The average Bonchev–Trinajstić information content (AvgIpc) is 3.75. The van der Waals surface area contributed by atoms with Gasteiger partial charge in [-0.3, -0.25) is 19.3 Å². The molecule has 1 aromatic carbocycles. The van der Waals surface area contributed by atoms with Gasteiger partial charge in [0.2, 0.25) is 5.91 Å². The second kappa shape index (κ2) is 12.9. The number of methoxy groups -OCH3 is 2. The molecule has 2 amide bonds. The predicted octanol–water partition coefficient (Wildman–Crippen LogP) is 4.20. The number of hydrogen-bond acceptors (Lipinski definition) is 9. The zero-order chi connectivity index (χ0) is 30.0. The molecule has 4 N–H and O–H groups in total. The normalized spacial score (nSPS) is 23.1. The number of fused-ring (bicyclic) bond motifs is 2. The topological polar surface area (TPSA) is 144 Å². The first-order valence-corrected chi connectivity index (χ1v) is 15.3. The number of ether oxygens (including phenoxy) is 2. The van der Waals surface area contributed by atoms with Gasteiger partial charge in [0.15, 0.2) is 0 Å². The van der Waals surface area contributed by atoms with Gasteiger partial charge in [0.05, 0.1) is 31.6 Å². The lowest BCUT2D eigenvalue weighted by molar-refractivity contribution is -0.139. The Morgan fingerprint density at radius 2 is 1.95 bits per heavy atom. The van der Waals surface area contributed by atoms with Crippen LogP contribution >= 0.6 is 24.0 Å². The molecule has 1 saturated heterocycles. The second-order valence-corrected chi connectivity index (χ2v) is 12.7. The summed E-state index contributed by atoms with van der Waals surface area (Å²) in [5, 5.41) is 11.6. The van der Waals surface area contributed by atoms with Gasteiger partial charge in [0, 0.05) is 30.3 Å². The number of thiocarbonyl (C=S) groups is 1. The number of carbonyl (C=O) groups is 3. The van der Waals surface area contributed by atoms with E-state index >= 15 is 0 Å². The van der Waals surface area contributed by atoms with Crippen molar-refractivity contribution >= 4 is 52.2 Å². The van der Waals surface area contributed by atoms with E-state index in [0.717, 1.165) is 24.0 Å². The summed E-state index contributed by atoms with van der Waals surface area (Å²) in [6, 6.07) is 6.43. The van der Waals surface area contributed by atoms with E-state index in [1.807, 2.05) is 23.1 Å². The third-order valence-electron chi connectivity index (χ3n) is 8.25. The predicted molar refractivity (Wildman–Crippen MR) is 163 cm³/mol. The third kappa shape index (κ3) is 6.50. The number of aliphatic carboxylic acids is 1. The zero-order valence-corrected chi connectivity index (χ0v) is 25.2. The van der Waals surface area contributed by atoms with Gasteiger partial charge in [-0.15, -0.1) is 0 Å². The Morgan fingerprint density at radius 1 is 1.21 bits per heavy atom. The number of carbonyl (C=O) groups excluding carboxylic acids is 2. The fourth-order valence-electron chi connectivity index (χ4n) is 6.17.